The van der Waals surface area contributed by atoms with Crippen LogP contribution >= 0.6 is 0 Å². The molecule has 2 aromatic rings. The fourth-order valence-corrected chi connectivity index (χ4v) is 2.30. The summed E-state index contributed by atoms with van der Waals surface area (Å²) in [6.45, 7) is 6.42. The molecule has 0 atom stereocenters. The highest BCUT2D eigenvalue weighted by Gasteiger charge is 2.12. The second-order valence-corrected chi connectivity index (χ2v) is 5.23. The van der Waals surface area contributed by atoms with E-state index in [9.17, 15) is 4.39 Å². The molecule has 0 bridgehead atoms. The van der Waals surface area contributed by atoms with Crippen LogP contribution in [-0.2, 0) is 13.2 Å². The lowest BCUT2D eigenvalue weighted by atomic mass is 10.1. The normalized spacial score (nSPS) is 10.6. The molecule has 3 nitrogen and oxygen atoms in total. The van der Waals surface area contributed by atoms with E-state index in [1.54, 1.807) is 18.2 Å². The van der Waals surface area contributed by atoms with Gasteiger partial charge in [0, 0.05) is 17.7 Å². The number of para-hydroxylation sites is 1. The van der Waals surface area contributed by atoms with E-state index >= 15 is 0 Å². The molecule has 4 heteroatoms. The summed E-state index contributed by atoms with van der Waals surface area (Å²) >= 11 is 0. The molecule has 0 radical (unpaired) electrons. The van der Waals surface area contributed by atoms with Crippen LogP contribution in [0.2, 0.25) is 0 Å². The number of hydrogen-bond donors (Lipinski definition) is 1. The lowest BCUT2D eigenvalue weighted by Gasteiger charge is -2.16. The lowest BCUT2D eigenvalue weighted by Crippen LogP contribution is -2.15. The van der Waals surface area contributed by atoms with Gasteiger partial charge in [0.2, 0.25) is 0 Å². The van der Waals surface area contributed by atoms with Crippen molar-refractivity contribution in [3.8, 4) is 11.5 Å². The van der Waals surface area contributed by atoms with E-state index in [2.05, 4.69) is 12.2 Å². The maximum atomic E-state index is 13.8. The zero-order chi connectivity index (χ0) is 16.5. The van der Waals surface area contributed by atoms with E-state index in [0.29, 0.717) is 30.2 Å². The van der Waals surface area contributed by atoms with Gasteiger partial charge in [0.15, 0.2) is 11.5 Å². The fourth-order valence-electron chi connectivity index (χ4n) is 2.30. The van der Waals surface area contributed by atoms with Crippen molar-refractivity contribution < 1.29 is 13.9 Å². The fraction of sp³-hybridized carbons (Fsp3) is 0.368. The molecular formula is C19H24FNO2. The van der Waals surface area contributed by atoms with Gasteiger partial charge in [-0.05, 0) is 32.0 Å². The summed E-state index contributed by atoms with van der Waals surface area (Å²) < 4.78 is 25.3. The Kier molecular flexibility index (Phi) is 6.88. The molecule has 0 amide bonds. The number of halogens is 1. The van der Waals surface area contributed by atoms with Gasteiger partial charge in [-0.15, -0.1) is 0 Å². The Hall–Kier alpha value is -2.07. The van der Waals surface area contributed by atoms with Crippen LogP contribution in [0.15, 0.2) is 42.5 Å². The Bertz CT molecular complexity index is 616. The molecule has 0 aromatic heterocycles. The molecule has 124 valence electrons. The van der Waals surface area contributed by atoms with Crippen molar-refractivity contribution in [2.45, 2.75) is 33.4 Å². The molecule has 1 N–H and O–H groups in total. The maximum absolute atomic E-state index is 13.8. The highest BCUT2D eigenvalue weighted by atomic mass is 19.1. The van der Waals surface area contributed by atoms with E-state index in [1.165, 1.54) is 6.07 Å². The first kappa shape index (κ1) is 17.3. The third-order valence-electron chi connectivity index (χ3n) is 3.43. The zero-order valence-corrected chi connectivity index (χ0v) is 13.8. The van der Waals surface area contributed by atoms with Gasteiger partial charge < -0.3 is 14.8 Å². The summed E-state index contributed by atoms with van der Waals surface area (Å²) in [6, 6.07) is 12.5. The number of nitrogens with one attached hydrogen (secondary N) is 1. The summed E-state index contributed by atoms with van der Waals surface area (Å²) in [5.74, 6) is 1.12. The van der Waals surface area contributed by atoms with Gasteiger partial charge in [0.1, 0.15) is 12.4 Å². The standard InChI is InChI=1S/C19H24FNO2/c1-3-12-21-13-15-9-7-11-18(22-4-2)19(15)23-14-16-8-5-6-10-17(16)20/h5-11,21H,3-4,12-14H2,1-2H3. The van der Waals surface area contributed by atoms with Crippen LogP contribution in [0.5, 0.6) is 11.5 Å². The minimum absolute atomic E-state index is 0.178. The highest BCUT2D eigenvalue weighted by Crippen LogP contribution is 2.32. The van der Waals surface area contributed by atoms with Crippen LogP contribution in [0, 0.1) is 5.82 Å². The average molecular weight is 317 g/mol. The second-order valence-electron chi connectivity index (χ2n) is 5.23. The highest BCUT2D eigenvalue weighted by molar-refractivity contribution is 5.46. The van der Waals surface area contributed by atoms with E-state index in [4.69, 9.17) is 9.47 Å². The predicted octanol–water partition coefficient (Wildman–Crippen LogP) is 4.30. The molecule has 0 heterocycles. The molecule has 0 spiro atoms. The van der Waals surface area contributed by atoms with Crippen molar-refractivity contribution in [2.75, 3.05) is 13.2 Å². The Morgan fingerprint density at radius 3 is 2.48 bits per heavy atom. The van der Waals surface area contributed by atoms with Crippen molar-refractivity contribution in [3.63, 3.8) is 0 Å². The summed E-state index contributed by atoms with van der Waals surface area (Å²) in [4.78, 5) is 0. The summed E-state index contributed by atoms with van der Waals surface area (Å²) in [6.07, 6.45) is 1.07. The second kappa shape index (κ2) is 9.16. The largest absolute Gasteiger partial charge is 0.490 e. The molecule has 0 aliphatic rings. The third-order valence-corrected chi connectivity index (χ3v) is 3.43. The first-order valence-corrected chi connectivity index (χ1v) is 8.07. The molecule has 0 saturated heterocycles. The van der Waals surface area contributed by atoms with E-state index in [0.717, 1.165) is 18.5 Å². The summed E-state index contributed by atoms with van der Waals surface area (Å²) in [5, 5.41) is 3.36. The van der Waals surface area contributed by atoms with Crippen LogP contribution in [0.1, 0.15) is 31.4 Å². The van der Waals surface area contributed by atoms with E-state index in [1.807, 2.05) is 25.1 Å². The van der Waals surface area contributed by atoms with Crippen molar-refractivity contribution in [1.29, 1.82) is 0 Å². The van der Waals surface area contributed by atoms with Crippen LogP contribution in [0.25, 0.3) is 0 Å². The Labute approximate surface area is 137 Å². The Balaban J connectivity index is 2.17. The molecule has 2 rings (SSSR count). The van der Waals surface area contributed by atoms with Gasteiger partial charge in [-0.3, -0.25) is 0 Å². The first-order valence-electron chi connectivity index (χ1n) is 8.07. The number of rotatable bonds is 9. The monoisotopic (exact) mass is 317 g/mol. The summed E-state index contributed by atoms with van der Waals surface area (Å²) in [7, 11) is 0. The van der Waals surface area contributed by atoms with Crippen LogP contribution in [-0.4, -0.2) is 13.2 Å². The summed E-state index contributed by atoms with van der Waals surface area (Å²) in [5.41, 5.74) is 1.55. The molecule has 23 heavy (non-hydrogen) atoms. The topological polar surface area (TPSA) is 30.5 Å². The third kappa shape index (κ3) is 4.96. The van der Waals surface area contributed by atoms with E-state index < -0.39 is 0 Å². The van der Waals surface area contributed by atoms with Crippen molar-refractivity contribution in [3.05, 3.63) is 59.4 Å². The van der Waals surface area contributed by atoms with Crippen molar-refractivity contribution >= 4 is 0 Å². The average Bonchev–Trinajstić information content (AvgIpc) is 2.56. The Morgan fingerprint density at radius 1 is 0.957 bits per heavy atom. The maximum Gasteiger partial charge on any atom is 0.166 e. The number of ether oxygens (including phenoxy) is 2. The van der Waals surface area contributed by atoms with Crippen LogP contribution in [0.4, 0.5) is 4.39 Å². The molecule has 0 aliphatic heterocycles. The van der Waals surface area contributed by atoms with Gasteiger partial charge in [0.05, 0.1) is 6.61 Å². The SMILES string of the molecule is CCCNCc1cccc(OCC)c1OCc1ccccc1F. The zero-order valence-electron chi connectivity index (χ0n) is 13.8. The smallest absolute Gasteiger partial charge is 0.166 e. The minimum atomic E-state index is -0.257. The van der Waals surface area contributed by atoms with Crippen molar-refractivity contribution in [1.82, 2.24) is 5.32 Å². The predicted molar refractivity (Wildman–Crippen MR) is 90.3 cm³/mol. The molecule has 0 fully saturated rings. The van der Waals surface area contributed by atoms with Gasteiger partial charge in [-0.25, -0.2) is 4.39 Å². The first-order chi connectivity index (χ1) is 11.3. The molecule has 2 aromatic carbocycles. The lowest BCUT2D eigenvalue weighted by molar-refractivity contribution is 0.262. The Morgan fingerprint density at radius 2 is 1.74 bits per heavy atom. The molecule has 0 unspecified atom stereocenters. The van der Waals surface area contributed by atoms with Gasteiger partial charge in [-0.1, -0.05) is 37.3 Å². The molecule has 0 aliphatic carbocycles. The van der Waals surface area contributed by atoms with Crippen LogP contribution in [0.3, 0.4) is 0 Å². The van der Waals surface area contributed by atoms with E-state index in [-0.39, 0.29) is 12.4 Å². The van der Waals surface area contributed by atoms with Gasteiger partial charge in [0.25, 0.3) is 0 Å². The molecular weight excluding hydrogens is 293 g/mol. The number of benzene rings is 2. The molecule has 0 saturated carbocycles. The van der Waals surface area contributed by atoms with Gasteiger partial charge in [-0.2, -0.15) is 0 Å². The quantitative estimate of drug-likeness (QED) is 0.699. The minimum Gasteiger partial charge on any atom is -0.490 e. The number of hydrogen-bond acceptors (Lipinski definition) is 3. The van der Waals surface area contributed by atoms with Gasteiger partial charge >= 0.3 is 0 Å². The van der Waals surface area contributed by atoms with Crippen molar-refractivity contribution in [2.24, 2.45) is 0 Å². The van der Waals surface area contributed by atoms with Crippen LogP contribution < -0.4 is 14.8 Å².